The first-order valence-corrected chi connectivity index (χ1v) is 7.86. The minimum Gasteiger partial charge on any atom is -0.393 e. The van der Waals surface area contributed by atoms with Crippen LogP contribution in [0.3, 0.4) is 0 Å². The molecule has 1 rings (SSSR count). The van der Waals surface area contributed by atoms with Gasteiger partial charge in [-0.25, -0.2) is 0 Å². The first-order valence-electron chi connectivity index (χ1n) is 7.04. The summed E-state index contributed by atoms with van der Waals surface area (Å²) in [5.41, 5.74) is 1.30. The van der Waals surface area contributed by atoms with E-state index in [1.54, 1.807) is 30.2 Å². The molecule has 0 saturated heterocycles. The number of thiophene rings is 1. The molecule has 1 aromatic rings. The number of nitrogens with zero attached hydrogens (tertiary/aromatic N) is 1. The molecule has 3 nitrogen and oxygen atoms in total. The van der Waals surface area contributed by atoms with Crippen LogP contribution in [0.15, 0.2) is 6.07 Å². The van der Waals surface area contributed by atoms with E-state index in [4.69, 9.17) is 0 Å². The number of aliphatic hydroxyl groups excluding tert-OH is 1. The fourth-order valence-corrected chi connectivity index (χ4v) is 3.33. The van der Waals surface area contributed by atoms with Crippen LogP contribution in [-0.2, 0) is 12.8 Å². The Morgan fingerprint density at radius 2 is 2.16 bits per heavy atom. The Kier molecular flexibility index (Phi) is 6.52. The predicted molar refractivity (Wildman–Crippen MR) is 81.0 cm³/mol. The average molecular weight is 283 g/mol. The van der Waals surface area contributed by atoms with Crippen molar-refractivity contribution < 1.29 is 9.90 Å². The SMILES string of the molecule is CCCc1sc(C(=O)N(C)CCC(C)O)cc1CC. The zero-order valence-corrected chi connectivity index (χ0v) is 13.2. The maximum atomic E-state index is 12.3. The standard InChI is InChI=1S/C15H25NO2S/c1-5-7-13-12(6-2)10-14(19-13)15(18)16(4)9-8-11(3)17/h10-11,17H,5-9H2,1-4H3. The molecular formula is C15H25NO2S. The number of rotatable bonds is 7. The van der Waals surface area contributed by atoms with Gasteiger partial charge in [0.05, 0.1) is 11.0 Å². The summed E-state index contributed by atoms with van der Waals surface area (Å²) in [6, 6.07) is 2.04. The number of carbonyl (C=O) groups is 1. The van der Waals surface area contributed by atoms with Crippen molar-refractivity contribution in [3.05, 3.63) is 21.4 Å². The second-order valence-corrected chi connectivity index (χ2v) is 6.16. The highest BCUT2D eigenvalue weighted by atomic mass is 32.1. The second-order valence-electron chi connectivity index (χ2n) is 5.03. The van der Waals surface area contributed by atoms with Crippen LogP contribution >= 0.6 is 11.3 Å². The van der Waals surface area contributed by atoms with Crippen molar-refractivity contribution >= 4 is 17.2 Å². The molecule has 4 heteroatoms. The molecule has 1 unspecified atom stereocenters. The van der Waals surface area contributed by atoms with E-state index in [-0.39, 0.29) is 12.0 Å². The van der Waals surface area contributed by atoms with Gasteiger partial charge < -0.3 is 10.0 Å². The van der Waals surface area contributed by atoms with Crippen molar-refractivity contribution in [1.82, 2.24) is 4.90 Å². The van der Waals surface area contributed by atoms with E-state index in [2.05, 4.69) is 13.8 Å². The summed E-state index contributed by atoms with van der Waals surface area (Å²) in [6.45, 7) is 6.64. The second kappa shape index (κ2) is 7.65. The first kappa shape index (κ1) is 16.2. The Morgan fingerprint density at radius 3 is 2.68 bits per heavy atom. The highest BCUT2D eigenvalue weighted by Crippen LogP contribution is 2.25. The minimum absolute atomic E-state index is 0.0719. The summed E-state index contributed by atoms with van der Waals surface area (Å²) in [4.78, 5) is 16.2. The lowest BCUT2D eigenvalue weighted by atomic mass is 10.1. The van der Waals surface area contributed by atoms with Crippen LogP contribution in [0, 0.1) is 0 Å². The van der Waals surface area contributed by atoms with Gasteiger partial charge in [-0.15, -0.1) is 11.3 Å². The largest absolute Gasteiger partial charge is 0.393 e. The van der Waals surface area contributed by atoms with Gasteiger partial charge in [0.1, 0.15) is 0 Å². The van der Waals surface area contributed by atoms with Gasteiger partial charge >= 0.3 is 0 Å². The molecule has 0 bridgehead atoms. The highest BCUT2D eigenvalue weighted by molar-refractivity contribution is 7.14. The fraction of sp³-hybridized carbons (Fsp3) is 0.667. The van der Waals surface area contributed by atoms with E-state index in [9.17, 15) is 9.90 Å². The molecule has 1 amide bonds. The van der Waals surface area contributed by atoms with Crippen LogP contribution in [0.2, 0.25) is 0 Å². The van der Waals surface area contributed by atoms with Crippen LogP contribution in [-0.4, -0.2) is 35.6 Å². The molecule has 0 saturated carbocycles. The van der Waals surface area contributed by atoms with Gasteiger partial charge in [-0.2, -0.15) is 0 Å². The summed E-state index contributed by atoms with van der Waals surface area (Å²) < 4.78 is 0. The molecular weight excluding hydrogens is 258 g/mol. The molecule has 0 aliphatic heterocycles. The van der Waals surface area contributed by atoms with Gasteiger partial charge in [0.15, 0.2) is 0 Å². The molecule has 0 aliphatic rings. The van der Waals surface area contributed by atoms with Crippen LogP contribution in [0.4, 0.5) is 0 Å². The third-order valence-electron chi connectivity index (χ3n) is 3.19. The predicted octanol–water partition coefficient (Wildman–Crippen LogP) is 3.11. The van der Waals surface area contributed by atoms with E-state index in [0.29, 0.717) is 13.0 Å². The Bertz CT molecular complexity index is 412. The first-order chi connectivity index (χ1) is 8.99. The van der Waals surface area contributed by atoms with Crippen LogP contribution in [0.1, 0.15) is 53.7 Å². The van der Waals surface area contributed by atoms with Gasteiger partial charge in [0, 0.05) is 18.5 Å². The number of aryl methyl sites for hydroxylation is 2. The van der Waals surface area contributed by atoms with Crippen LogP contribution in [0.25, 0.3) is 0 Å². The fourth-order valence-electron chi connectivity index (χ4n) is 1.98. The van der Waals surface area contributed by atoms with Crippen LogP contribution in [0.5, 0.6) is 0 Å². The Morgan fingerprint density at radius 1 is 1.47 bits per heavy atom. The Labute approximate surface area is 120 Å². The van der Waals surface area contributed by atoms with Crippen molar-refractivity contribution in [1.29, 1.82) is 0 Å². The normalized spacial score (nSPS) is 12.5. The molecule has 0 aromatic carbocycles. The smallest absolute Gasteiger partial charge is 0.263 e. The topological polar surface area (TPSA) is 40.5 Å². The van der Waals surface area contributed by atoms with Crippen LogP contribution < -0.4 is 0 Å². The van der Waals surface area contributed by atoms with E-state index < -0.39 is 0 Å². The van der Waals surface area contributed by atoms with E-state index in [1.807, 2.05) is 6.07 Å². The van der Waals surface area contributed by atoms with Crippen molar-refractivity contribution in [3.8, 4) is 0 Å². The van der Waals surface area contributed by atoms with Gasteiger partial charge in [-0.05, 0) is 37.8 Å². The summed E-state index contributed by atoms with van der Waals surface area (Å²) in [5, 5.41) is 9.27. The summed E-state index contributed by atoms with van der Waals surface area (Å²) >= 11 is 1.63. The van der Waals surface area contributed by atoms with Crippen molar-refractivity contribution in [3.63, 3.8) is 0 Å². The zero-order chi connectivity index (χ0) is 14.4. The van der Waals surface area contributed by atoms with Gasteiger partial charge in [0.2, 0.25) is 0 Å². The molecule has 1 heterocycles. The number of hydrogen-bond donors (Lipinski definition) is 1. The number of amides is 1. The molecule has 0 aliphatic carbocycles. The highest BCUT2D eigenvalue weighted by Gasteiger charge is 2.17. The third-order valence-corrected chi connectivity index (χ3v) is 4.42. The van der Waals surface area contributed by atoms with E-state index in [1.165, 1.54) is 10.4 Å². The Balaban J connectivity index is 2.75. The minimum atomic E-state index is -0.361. The number of carbonyl (C=O) groups excluding carboxylic acids is 1. The number of aliphatic hydroxyl groups is 1. The van der Waals surface area contributed by atoms with Crippen molar-refractivity contribution in [2.45, 2.75) is 52.6 Å². The maximum absolute atomic E-state index is 12.3. The molecule has 0 fully saturated rings. The lowest BCUT2D eigenvalue weighted by molar-refractivity contribution is 0.0773. The summed E-state index contributed by atoms with van der Waals surface area (Å²) in [6.07, 6.45) is 3.41. The van der Waals surface area contributed by atoms with Gasteiger partial charge in [0.25, 0.3) is 5.91 Å². The summed E-state index contributed by atoms with van der Waals surface area (Å²) in [7, 11) is 1.80. The lowest BCUT2D eigenvalue weighted by Gasteiger charge is -2.16. The molecule has 0 spiro atoms. The molecule has 1 atom stereocenters. The number of hydrogen-bond acceptors (Lipinski definition) is 3. The lowest BCUT2D eigenvalue weighted by Crippen LogP contribution is -2.28. The van der Waals surface area contributed by atoms with E-state index >= 15 is 0 Å². The molecule has 0 radical (unpaired) electrons. The summed E-state index contributed by atoms with van der Waals surface area (Å²) in [5.74, 6) is 0.0719. The quantitative estimate of drug-likeness (QED) is 0.835. The molecule has 1 N–H and O–H groups in total. The van der Waals surface area contributed by atoms with Crippen molar-refractivity contribution in [2.75, 3.05) is 13.6 Å². The molecule has 108 valence electrons. The average Bonchev–Trinajstić information content (AvgIpc) is 2.78. The van der Waals surface area contributed by atoms with Crippen molar-refractivity contribution in [2.24, 2.45) is 0 Å². The monoisotopic (exact) mass is 283 g/mol. The van der Waals surface area contributed by atoms with E-state index in [0.717, 1.165) is 24.1 Å². The third kappa shape index (κ3) is 4.62. The van der Waals surface area contributed by atoms with Gasteiger partial charge in [-0.1, -0.05) is 20.3 Å². The van der Waals surface area contributed by atoms with Gasteiger partial charge in [-0.3, -0.25) is 4.79 Å². The Hall–Kier alpha value is -0.870. The molecule has 1 aromatic heterocycles. The maximum Gasteiger partial charge on any atom is 0.263 e. The molecule has 19 heavy (non-hydrogen) atoms. The zero-order valence-electron chi connectivity index (χ0n) is 12.4.